The molecule has 4 rings (SSSR count). The molecule has 3 unspecified atom stereocenters. The van der Waals surface area contributed by atoms with Gasteiger partial charge < -0.3 is 14.4 Å². The van der Waals surface area contributed by atoms with Crippen molar-refractivity contribution >= 4 is 11.9 Å². The molecule has 1 aromatic heterocycles. The highest BCUT2D eigenvalue weighted by molar-refractivity contribution is 5.92. The van der Waals surface area contributed by atoms with Gasteiger partial charge in [0.15, 0.2) is 6.29 Å². The Kier molecular flexibility index (Phi) is 6.29. The summed E-state index contributed by atoms with van der Waals surface area (Å²) in [5.41, 5.74) is 2.76. The number of aromatic nitrogens is 2. The molecule has 0 aromatic carbocycles. The maximum atomic E-state index is 12.2. The minimum absolute atomic E-state index is 0.361. The molecule has 3 heterocycles. The van der Waals surface area contributed by atoms with Crippen LogP contribution in [0.3, 0.4) is 0 Å². The first kappa shape index (κ1) is 20.5. The second kappa shape index (κ2) is 8.91. The van der Waals surface area contributed by atoms with Gasteiger partial charge in [-0.05, 0) is 24.7 Å². The predicted octanol–water partition coefficient (Wildman–Crippen LogP) is 0.923. The van der Waals surface area contributed by atoms with Crippen molar-refractivity contribution in [1.29, 1.82) is 0 Å². The van der Waals surface area contributed by atoms with Gasteiger partial charge in [0.25, 0.3) is 5.91 Å². The monoisotopic (exact) mass is 405 g/mol. The van der Waals surface area contributed by atoms with E-state index in [-0.39, 0.29) is 5.91 Å². The summed E-state index contributed by atoms with van der Waals surface area (Å²) in [6.45, 7) is 12.1. The fraction of sp³-hybridized carbons (Fsp3) is 0.750. The molecule has 1 aromatic rings. The molecule has 9 heteroatoms. The first-order valence-electron chi connectivity index (χ1n) is 10.5. The minimum atomic E-state index is -0.516. The summed E-state index contributed by atoms with van der Waals surface area (Å²) in [4.78, 5) is 31.0. The Morgan fingerprint density at radius 1 is 1.21 bits per heavy atom. The number of carbonyl (C=O) groups excluding carboxylic acids is 1. The molecule has 2 saturated heterocycles. The van der Waals surface area contributed by atoms with Crippen LogP contribution in [0, 0.1) is 17.8 Å². The van der Waals surface area contributed by atoms with Gasteiger partial charge in [-0.2, -0.15) is 0 Å². The van der Waals surface area contributed by atoms with E-state index in [0.717, 1.165) is 39.4 Å². The Hall–Kier alpha value is -1.81. The Morgan fingerprint density at radius 2 is 1.86 bits per heavy atom. The van der Waals surface area contributed by atoms with Crippen molar-refractivity contribution in [2.24, 2.45) is 17.8 Å². The van der Waals surface area contributed by atoms with Crippen LogP contribution >= 0.6 is 0 Å². The molecule has 9 nitrogen and oxygen atoms in total. The van der Waals surface area contributed by atoms with E-state index in [9.17, 15) is 4.79 Å². The van der Waals surface area contributed by atoms with Crippen molar-refractivity contribution in [2.45, 2.75) is 33.1 Å². The van der Waals surface area contributed by atoms with Crippen LogP contribution in [0.25, 0.3) is 0 Å². The maximum Gasteiger partial charge on any atom is 0.278 e. The SMILES string of the molecule is CC(C)COC(C)ONC(=O)c1cnc(N2CC3C(C2)C3N2CCOCC2)nc1. The van der Waals surface area contributed by atoms with Crippen LogP contribution in [0.4, 0.5) is 5.95 Å². The topological polar surface area (TPSA) is 89.1 Å². The molecule has 0 spiro atoms. The first-order chi connectivity index (χ1) is 14.0. The highest BCUT2D eigenvalue weighted by atomic mass is 16.8. The second-order valence-corrected chi connectivity index (χ2v) is 8.49. The van der Waals surface area contributed by atoms with Crippen LogP contribution in [0.15, 0.2) is 12.4 Å². The number of nitrogens with zero attached hydrogens (tertiary/aromatic N) is 4. The molecule has 1 saturated carbocycles. The van der Waals surface area contributed by atoms with Crippen molar-refractivity contribution in [3.8, 4) is 0 Å². The molecule has 1 N–H and O–H groups in total. The van der Waals surface area contributed by atoms with Crippen molar-refractivity contribution in [3.05, 3.63) is 18.0 Å². The van der Waals surface area contributed by atoms with E-state index < -0.39 is 6.29 Å². The fourth-order valence-electron chi connectivity index (χ4n) is 4.23. The maximum absolute atomic E-state index is 12.2. The number of carbonyl (C=O) groups is 1. The lowest BCUT2D eigenvalue weighted by Gasteiger charge is -2.30. The minimum Gasteiger partial charge on any atom is -0.379 e. The molecule has 1 aliphatic carbocycles. The van der Waals surface area contributed by atoms with Gasteiger partial charge in [0.2, 0.25) is 5.95 Å². The number of morpholine rings is 1. The molecule has 1 amide bonds. The number of rotatable bonds is 8. The van der Waals surface area contributed by atoms with E-state index in [2.05, 4.69) is 39.1 Å². The number of hydroxylamine groups is 1. The third-order valence-electron chi connectivity index (χ3n) is 5.78. The molecular formula is C20H31N5O4. The first-order valence-corrected chi connectivity index (χ1v) is 10.5. The molecule has 29 heavy (non-hydrogen) atoms. The zero-order chi connectivity index (χ0) is 20.4. The van der Waals surface area contributed by atoms with Gasteiger partial charge in [-0.1, -0.05) is 13.8 Å². The van der Waals surface area contributed by atoms with Crippen LogP contribution in [-0.2, 0) is 14.3 Å². The van der Waals surface area contributed by atoms with E-state index >= 15 is 0 Å². The average molecular weight is 405 g/mol. The molecule has 3 aliphatic rings. The normalized spacial score (nSPS) is 27.7. The number of nitrogens with one attached hydrogen (secondary N) is 1. The summed E-state index contributed by atoms with van der Waals surface area (Å²) < 4.78 is 10.9. The van der Waals surface area contributed by atoms with Gasteiger partial charge >= 0.3 is 0 Å². The Labute approximate surface area is 171 Å². The number of amides is 1. The van der Waals surface area contributed by atoms with Crippen LogP contribution in [0.5, 0.6) is 0 Å². The molecule has 3 atom stereocenters. The van der Waals surface area contributed by atoms with Crippen molar-refractivity contribution in [3.63, 3.8) is 0 Å². The molecule has 160 valence electrons. The highest BCUT2D eigenvalue weighted by Gasteiger charge is 2.58. The van der Waals surface area contributed by atoms with Gasteiger partial charge in [-0.25, -0.2) is 20.3 Å². The lowest BCUT2D eigenvalue weighted by molar-refractivity contribution is -0.163. The van der Waals surface area contributed by atoms with Gasteiger partial charge in [0.1, 0.15) is 0 Å². The Balaban J connectivity index is 1.22. The van der Waals surface area contributed by atoms with Crippen LogP contribution in [0.1, 0.15) is 31.1 Å². The number of hydrogen-bond acceptors (Lipinski definition) is 8. The van der Waals surface area contributed by atoms with E-state index in [1.807, 2.05) is 0 Å². The van der Waals surface area contributed by atoms with Crippen molar-refractivity contribution in [2.75, 3.05) is 50.9 Å². The Morgan fingerprint density at radius 3 is 2.48 bits per heavy atom. The van der Waals surface area contributed by atoms with Gasteiger partial charge in [0, 0.05) is 44.6 Å². The quantitative estimate of drug-likeness (QED) is 0.505. The lowest BCUT2D eigenvalue weighted by Crippen LogP contribution is -2.42. The summed E-state index contributed by atoms with van der Waals surface area (Å²) in [7, 11) is 0. The fourth-order valence-corrected chi connectivity index (χ4v) is 4.23. The molecule has 0 radical (unpaired) electrons. The lowest BCUT2D eigenvalue weighted by atomic mass is 10.2. The number of ether oxygens (including phenoxy) is 2. The highest BCUT2D eigenvalue weighted by Crippen LogP contribution is 2.49. The Bertz CT molecular complexity index is 683. The third-order valence-corrected chi connectivity index (χ3v) is 5.78. The van der Waals surface area contributed by atoms with E-state index in [0.29, 0.717) is 41.9 Å². The van der Waals surface area contributed by atoms with Crippen LogP contribution in [-0.4, -0.2) is 79.1 Å². The number of hydrogen-bond donors (Lipinski definition) is 1. The van der Waals surface area contributed by atoms with Gasteiger partial charge in [-0.3, -0.25) is 9.69 Å². The number of piperidine rings is 1. The van der Waals surface area contributed by atoms with Crippen molar-refractivity contribution < 1.29 is 19.1 Å². The zero-order valence-electron chi connectivity index (χ0n) is 17.4. The second-order valence-electron chi connectivity index (χ2n) is 8.49. The molecule has 0 bridgehead atoms. The molecule has 2 aliphatic heterocycles. The standard InChI is InChI=1S/C20H31N5O4/c1-13(2)12-28-14(3)29-23-19(26)15-8-21-20(22-9-15)25-10-16-17(11-25)18(16)24-4-6-27-7-5-24/h8-9,13-14,16-18H,4-7,10-12H2,1-3H3,(H,23,26). The summed E-state index contributed by atoms with van der Waals surface area (Å²) in [5.74, 6) is 2.09. The molecule has 3 fully saturated rings. The third kappa shape index (κ3) is 4.85. The average Bonchev–Trinajstić information content (AvgIpc) is 3.24. The molecular weight excluding hydrogens is 374 g/mol. The van der Waals surface area contributed by atoms with Crippen molar-refractivity contribution in [1.82, 2.24) is 20.3 Å². The zero-order valence-corrected chi connectivity index (χ0v) is 17.4. The smallest absolute Gasteiger partial charge is 0.278 e. The van der Waals surface area contributed by atoms with E-state index in [1.54, 1.807) is 19.3 Å². The van der Waals surface area contributed by atoms with E-state index in [1.165, 1.54) is 0 Å². The van der Waals surface area contributed by atoms with Gasteiger partial charge in [-0.15, -0.1) is 0 Å². The van der Waals surface area contributed by atoms with Crippen LogP contribution < -0.4 is 10.4 Å². The summed E-state index contributed by atoms with van der Waals surface area (Å²) in [5, 5.41) is 0. The van der Waals surface area contributed by atoms with Gasteiger partial charge in [0.05, 0.1) is 25.4 Å². The van der Waals surface area contributed by atoms with E-state index in [4.69, 9.17) is 14.3 Å². The number of fused-ring (bicyclic) bond motifs is 1. The summed E-state index contributed by atoms with van der Waals surface area (Å²) >= 11 is 0. The predicted molar refractivity (Wildman–Crippen MR) is 106 cm³/mol. The van der Waals surface area contributed by atoms with Crippen LogP contribution in [0.2, 0.25) is 0 Å². The number of anilines is 1. The summed E-state index contributed by atoms with van der Waals surface area (Å²) in [6, 6.07) is 0.692. The largest absolute Gasteiger partial charge is 0.379 e. The summed E-state index contributed by atoms with van der Waals surface area (Å²) in [6.07, 6.45) is 2.57.